The lowest BCUT2D eigenvalue weighted by atomic mass is 10.0. The Balaban J connectivity index is 0.000000902. The summed E-state index contributed by atoms with van der Waals surface area (Å²) in [6, 6.07) is 5.01. The van der Waals surface area contributed by atoms with Gasteiger partial charge >= 0.3 is 0 Å². The SMILES string of the molecule is Cc1cnc2c(c1)cc(C1CCCCN1)n2C.Cl.Cl. The van der Waals surface area contributed by atoms with E-state index in [0.717, 1.165) is 12.2 Å². The van der Waals surface area contributed by atoms with Crippen molar-refractivity contribution in [1.29, 1.82) is 0 Å². The van der Waals surface area contributed by atoms with Gasteiger partial charge in [-0.05, 0) is 44.0 Å². The van der Waals surface area contributed by atoms with Crippen LogP contribution >= 0.6 is 24.8 Å². The molecule has 106 valence electrons. The van der Waals surface area contributed by atoms with Gasteiger partial charge in [0.15, 0.2) is 0 Å². The quantitative estimate of drug-likeness (QED) is 0.873. The van der Waals surface area contributed by atoms with Crippen LogP contribution in [0.5, 0.6) is 0 Å². The highest BCUT2D eigenvalue weighted by Crippen LogP contribution is 2.27. The van der Waals surface area contributed by atoms with E-state index >= 15 is 0 Å². The topological polar surface area (TPSA) is 29.9 Å². The van der Waals surface area contributed by atoms with E-state index in [1.165, 1.54) is 35.9 Å². The molecule has 5 heteroatoms. The summed E-state index contributed by atoms with van der Waals surface area (Å²) < 4.78 is 2.23. The largest absolute Gasteiger partial charge is 0.331 e. The summed E-state index contributed by atoms with van der Waals surface area (Å²) in [5, 5.41) is 4.86. The number of nitrogens with zero attached hydrogens (tertiary/aromatic N) is 2. The number of rotatable bonds is 1. The average molecular weight is 302 g/mol. The second-order valence-corrected chi connectivity index (χ2v) is 5.06. The van der Waals surface area contributed by atoms with Gasteiger partial charge in [0.1, 0.15) is 5.65 Å². The van der Waals surface area contributed by atoms with Crippen LogP contribution in [-0.2, 0) is 7.05 Å². The predicted molar refractivity (Wildman–Crippen MR) is 84.5 cm³/mol. The normalized spacial score (nSPS) is 18.7. The maximum atomic E-state index is 4.53. The van der Waals surface area contributed by atoms with Gasteiger partial charge in [-0.3, -0.25) is 0 Å². The Morgan fingerprint density at radius 1 is 1.26 bits per heavy atom. The summed E-state index contributed by atoms with van der Waals surface area (Å²) in [7, 11) is 2.12. The van der Waals surface area contributed by atoms with Gasteiger partial charge in [0.05, 0.1) is 0 Å². The van der Waals surface area contributed by atoms with Crippen LogP contribution in [0.1, 0.15) is 36.6 Å². The van der Waals surface area contributed by atoms with Crippen LogP contribution in [0.2, 0.25) is 0 Å². The standard InChI is InChI=1S/C14H19N3.2ClH/c1-10-7-11-8-13(12-5-3-4-6-15-12)17(2)14(11)16-9-10;;/h7-9,12,15H,3-6H2,1-2H3;2*1H. The number of fused-ring (bicyclic) bond motifs is 1. The fourth-order valence-electron chi connectivity index (χ4n) is 2.79. The molecule has 0 radical (unpaired) electrons. The Morgan fingerprint density at radius 2 is 2.05 bits per heavy atom. The molecule has 1 unspecified atom stereocenters. The molecule has 1 aliphatic heterocycles. The lowest BCUT2D eigenvalue weighted by molar-refractivity contribution is 0.399. The molecule has 3 heterocycles. The molecule has 0 saturated carbocycles. The van der Waals surface area contributed by atoms with Gasteiger partial charge in [0.2, 0.25) is 0 Å². The second kappa shape index (κ2) is 6.60. The van der Waals surface area contributed by atoms with Crippen LogP contribution in [0.15, 0.2) is 18.3 Å². The lowest BCUT2D eigenvalue weighted by Crippen LogP contribution is -2.28. The minimum absolute atomic E-state index is 0. The van der Waals surface area contributed by atoms with Gasteiger partial charge in [-0.1, -0.05) is 6.42 Å². The number of piperidine rings is 1. The minimum Gasteiger partial charge on any atom is -0.331 e. The zero-order valence-corrected chi connectivity index (χ0v) is 13.0. The minimum atomic E-state index is 0. The molecule has 1 atom stereocenters. The zero-order valence-electron chi connectivity index (χ0n) is 11.3. The van der Waals surface area contributed by atoms with E-state index in [2.05, 4.69) is 41.0 Å². The molecule has 3 nitrogen and oxygen atoms in total. The number of hydrogen-bond donors (Lipinski definition) is 1. The number of aromatic nitrogens is 2. The van der Waals surface area contributed by atoms with Crippen molar-refractivity contribution in [1.82, 2.24) is 14.9 Å². The van der Waals surface area contributed by atoms with E-state index in [1.807, 2.05) is 6.20 Å². The van der Waals surface area contributed by atoms with Gasteiger partial charge in [-0.15, -0.1) is 24.8 Å². The van der Waals surface area contributed by atoms with Crippen LogP contribution in [0, 0.1) is 6.92 Å². The van der Waals surface area contributed by atoms with Crippen molar-refractivity contribution >= 4 is 35.8 Å². The zero-order chi connectivity index (χ0) is 11.8. The van der Waals surface area contributed by atoms with Gasteiger partial charge < -0.3 is 9.88 Å². The third-order valence-corrected chi connectivity index (χ3v) is 3.71. The van der Waals surface area contributed by atoms with Crippen molar-refractivity contribution in [2.45, 2.75) is 32.2 Å². The highest BCUT2D eigenvalue weighted by Gasteiger charge is 2.19. The molecular formula is C14H21Cl2N3. The summed E-state index contributed by atoms with van der Waals surface area (Å²) >= 11 is 0. The van der Waals surface area contributed by atoms with Crippen LogP contribution in [-0.4, -0.2) is 16.1 Å². The van der Waals surface area contributed by atoms with Gasteiger partial charge in [0, 0.05) is 30.4 Å². The van der Waals surface area contributed by atoms with Gasteiger partial charge in [-0.2, -0.15) is 0 Å². The number of halogens is 2. The molecule has 1 N–H and O–H groups in total. The van der Waals surface area contributed by atoms with E-state index in [1.54, 1.807) is 0 Å². The van der Waals surface area contributed by atoms with Crippen molar-refractivity contribution in [3.8, 4) is 0 Å². The third-order valence-electron chi connectivity index (χ3n) is 3.71. The molecule has 1 fully saturated rings. The fraction of sp³-hybridized carbons (Fsp3) is 0.500. The smallest absolute Gasteiger partial charge is 0.139 e. The molecule has 0 aliphatic carbocycles. The number of pyridine rings is 1. The Bertz CT molecular complexity index is 545. The molecule has 2 aromatic heterocycles. The molecular weight excluding hydrogens is 281 g/mol. The molecule has 19 heavy (non-hydrogen) atoms. The van der Waals surface area contributed by atoms with Crippen molar-refractivity contribution in [2.75, 3.05) is 6.54 Å². The predicted octanol–water partition coefficient (Wildman–Crippen LogP) is 3.54. The van der Waals surface area contributed by atoms with E-state index in [9.17, 15) is 0 Å². The number of hydrogen-bond acceptors (Lipinski definition) is 2. The Morgan fingerprint density at radius 3 is 2.74 bits per heavy atom. The molecule has 0 spiro atoms. The molecule has 2 aromatic rings. The highest BCUT2D eigenvalue weighted by molar-refractivity contribution is 5.85. The van der Waals surface area contributed by atoms with Gasteiger partial charge in [0.25, 0.3) is 0 Å². The van der Waals surface area contributed by atoms with E-state index in [-0.39, 0.29) is 24.8 Å². The first-order chi connectivity index (χ1) is 8.25. The molecule has 0 amide bonds. The summed E-state index contributed by atoms with van der Waals surface area (Å²) in [5.41, 5.74) is 3.70. The Labute approximate surface area is 126 Å². The Kier molecular flexibility index (Phi) is 5.65. The van der Waals surface area contributed by atoms with Crippen LogP contribution in [0.3, 0.4) is 0 Å². The van der Waals surface area contributed by atoms with Crippen molar-refractivity contribution in [3.05, 3.63) is 29.6 Å². The maximum absolute atomic E-state index is 4.53. The molecule has 1 aliphatic rings. The summed E-state index contributed by atoms with van der Waals surface area (Å²) in [6.07, 6.45) is 5.81. The van der Waals surface area contributed by atoms with Crippen molar-refractivity contribution in [3.63, 3.8) is 0 Å². The van der Waals surface area contributed by atoms with Crippen LogP contribution < -0.4 is 5.32 Å². The molecule has 3 rings (SSSR count). The van der Waals surface area contributed by atoms with Crippen molar-refractivity contribution in [2.24, 2.45) is 7.05 Å². The van der Waals surface area contributed by atoms with Crippen molar-refractivity contribution < 1.29 is 0 Å². The van der Waals surface area contributed by atoms with Gasteiger partial charge in [-0.25, -0.2) is 4.98 Å². The fourth-order valence-corrected chi connectivity index (χ4v) is 2.79. The molecule has 0 aromatic carbocycles. The lowest BCUT2D eigenvalue weighted by Gasteiger charge is -2.24. The first-order valence-electron chi connectivity index (χ1n) is 6.41. The third kappa shape index (κ3) is 3.04. The second-order valence-electron chi connectivity index (χ2n) is 5.06. The monoisotopic (exact) mass is 301 g/mol. The maximum Gasteiger partial charge on any atom is 0.139 e. The highest BCUT2D eigenvalue weighted by atomic mass is 35.5. The summed E-state index contributed by atoms with van der Waals surface area (Å²) in [5.74, 6) is 0. The first-order valence-corrected chi connectivity index (χ1v) is 6.41. The summed E-state index contributed by atoms with van der Waals surface area (Å²) in [4.78, 5) is 4.53. The number of nitrogens with one attached hydrogen (secondary N) is 1. The Hall–Kier alpha value is -0.770. The summed E-state index contributed by atoms with van der Waals surface area (Å²) in [6.45, 7) is 3.23. The van der Waals surface area contributed by atoms with E-state index in [4.69, 9.17) is 0 Å². The average Bonchev–Trinajstić information content (AvgIpc) is 2.67. The van der Waals surface area contributed by atoms with E-state index < -0.39 is 0 Å². The number of aryl methyl sites for hydroxylation is 2. The van der Waals surface area contributed by atoms with Crippen LogP contribution in [0.25, 0.3) is 11.0 Å². The van der Waals surface area contributed by atoms with E-state index in [0.29, 0.717) is 6.04 Å². The van der Waals surface area contributed by atoms with Crippen LogP contribution in [0.4, 0.5) is 0 Å². The molecule has 0 bridgehead atoms. The first kappa shape index (κ1) is 16.3. The molecule has 1 saturated heterocycles.